The Hall–Kier alpha value is -1.68. The van der Waals surface area contributed by atoms with Crippen molar-refractivity contribution in [3.8, 4) is 0 Å². The molecule has 0 bridgehead atoms. The molecule has 0 radical (unpaired) electrons. The van der Waals surface area contributed by atoms with E-state index >= 15 is 0 Å². The van der Waals surface area contributed by atoms with E-state index in [1.807, 2.05) is 50.7 Å². The number of hydrogen-bond acceptors (Lipinski definition) is 3. The Morgan fingerprint density at radius 1 is 1.33 bits per heavy atom. The molecule has 0 amide bonds. The summed E-state index contributed by atoms with van der Waals surface area (Å²) in [6, 6.07) is 3.84. The molecular weight excluding hydrogens is 244 g/mol. The van der Waals surface area contributed by atoms with Gasteiger partial charge in [0.2, 0.25) is 0 Å². The number of carbonyl (C=O) groups is 1. The summed E-state index contributed by atoms with van der Waals surface area (Å²) in [6.07, 6.45) is 3.48. The van der Waals surface area contributed by atoms with Crippen molar-refractivity contribution in [3.63, 3.8) is 0 Å². The molecule has 2 aromatic rings. The van der Waals surface area contributed by atoms with Gasteiger partial charge in [-0.05, 0) is 45.1 Å². The fraction of sp³-hybridized carbons (Fsp3) is 0.286. The predicted molar refractivity (Wildman–Crippen MR) is 75.1 cm³/mol. The maximum atomic E-state index is 12.0. The third kappa shape index (κ3) is 2.43. The van der Waals surface area contributed by atoms with Crippen molar-refractivity contribution in [2.45, 2.75) is 20.8 Å². The lowest BCUT2D eigenvalue weighted by atomic mass is 10.1. The third-order valence-corrected chi connectivity index (χ3v) is 3.96. The molecule has 0 aliphatic heterocycles. The minimum absolute atomic E-state index is 0.0516. The molecule has 2 rings (SSSR count). The third-order valence-electron chi connectivity index (χ3n) is 2.95. The monoisotopic (exact) mass is 260 g/mol. The van der Waals surface area contributed by atoms with E-state index in [0.29, 0.717) is 0 Å². The van der Waals surface area contributed by atoms with Crippen LogP contribution in [-0.4, -0.2) is 15.6 Å². The van der Waals surface area contributed by atoms with Gasteiger partial charge in [0.1, 0.15) is 0 Å². The molecule has 0 spiro atoms. The number of carbonyl (C=O) groups excluding carboxylic acids is 1. The molecule has 2 heterocycles. The number of thiophene rings is 1. The van der Waals surface area contributed by atoms with Gasteiger partial charge < -0.3 is 0 Å². The van der Waals surface area contributed by atoms with Crippen molar-refractivity contribution >= 4 is 23.2 Å². The number of aryl methyl sites for hydroxylation is 3. The van der Waals surface area contributed by atoms with Crippen LogP contribution in [0.15, 0.2) is 18.2 Å². The Morgan fingerprint density at radius 2 is 2.06 bits per heavy atom. The number of aromatic nitrogens is 2. The molecule has 0 unspecified atom stereocenters. The standard InChI is InChI=1S/C14H16N2OS/c1-9-5-8-14(18-9)13(17)7-6-12-10(2)15-16(4)11(12)3/h5-8H,1-4H3/b7-6+. The lowest BCUT2D eigenvalue weighted by Gasteiger charge is -1.94. The van der Waals surface area contributed by atoms with E-state index in [2.05, 4.69) is 5.10 Å². The van der Waals surface area contributed by atoms with Crippen molar-refractivity contribution in [2.24, 2.45) is 7.05 Å². The molecule has 0 atom stereocenters. The van der Waals surface area contributed by atoms with Gasteiger partial charge >= 0.3 is 0 Å². The molecular formula is C14H16N2OS. The molecule has 0 fully saturated rings. The van der Waals surface area contributed by atoms with Gasteiger partial charge in [-0.3, -0.25) is 9.48 Å². The van der Waals surface area contributed by atoms with Gasteiger partial charge in [0.25, 0.3) is 0 Å². The summed E-state index contributed by atoms with van der Waals surface area (Å²) >= 11 is 1.52. The SMILES string of the molecule is Cc1ccc(C(=O)/C=C/c2c(C)nn(C)c2C)s1. The number of ketones is 1. The van der Waals surface area contributed by atoms with Gasteiger partial charge in [0, 0.05) is 23.2 Å². The number of rotatable bonds is 3. The lowest BCUT2D eigenvalue weighted by Crippen LogP contribution is -1.93. The molecule has 0 aromatic carbocycles. The molecule has 18 heavy (non-hydrogen) atoms. The average molecular weight is 260 g/mol. The molecule has 2 aromatic heterocycles. The Labute approximate surface area is 111 Å². The second kappa shape index (κ2) is 4.90. The summed E-state index contributed by atoms with van der Waals surface area (Å²) in [7, 11) is 1.91. The highest BCUT2D eigenvalue weighted by Gasteiger charge is 2.08. The minimum atomic E-state index is 0.0516. The van der Waals surface area contributed by atoms with Crippen LogP contribution in [0.2, 0.25) is 0 Å². The fourth-order valence-corrected chi connectivity index (χ4v) is 2.63. The first-order chi connectivity index (χ1) is 8.49. The van der Waals surface area contributed by atoms with Crippen LogP contribution in [0.4, 0.5) is 0 Å². The topological polar surface area (TPSA) is 34.9 Å². The number of nitrogens with zero attached hydrogens (tertiary/aromatic N) is 2. The first-order valence-electron chi connectivity index (χ1n) is 5.78. The molecule has 94 valence electrons. The largest absolute Gasteiger partial charge is 0.288 e. The zero-order valence-electron chi connectivity index (χ0n) is 11.0. The van der Waals surface area contributed by atoms with Crippen LogP contribution in [0.5, 0.6) is 0 Å². The van der Waals surface area contributed by atoms with Gasteiger partial charge in [0.15, 0.2) is 5.78 Å². The van der Waals surface area contributed by atoms with Crippen molar-refractivity contribution < 1.29 is 4.79 Å². The van der Waals surface area contributed by atoms with E-state index in [1.54, 1.807) is 6.08 Å². The molecule has 0 saturated heterocycles. The quantitative estimate of drug-likeness (QED) is 0.627. The van der Waals surface area contributed by atoms with Gasteiger partial charge in [-0.1, -0.05) is 0 Å². The Morgan fingerprint density at radius 3 is 2.56 bits per heavy atom. The first-order valence-corrected chi connectivity index (χ1v) is 6.59. The second-order valence-corrected chi connectivity index (χ2v) is 5.60. The smallest absolute Gasteiger partial charge is 0.195 e. The van der Waals surface area contributed by atoms with Gasteiger partial charge in [-0.15, -0.1) is 11.3 Å². The molecule has 0 aliphatic rings. The number of allylic oxidation sites excluding steroid dienone is 1. The first kappa shape index (κ1) is 12.8. The normalized spacial score (nSPS) is 11.3. The number of hydrogen-bond donors (Lipinski definition) is 0. The Balaban J connectivity index is 2.23. The molecule has 0 aliphatic carbocycles. The second-order valence-electron chi connectivity index (χ2n) is 4.32. The summed E-state index contributed by atoms with van der Waals surface area (Å²) < 4.78 is 1.83. The van der Waals surface area contributed by atoms with E-state index in [4.69, 9.17) is 0 Å². The molecule has 0 N–H and O–H groups in total. The Bertz CT molecular complexity index is 620. The summed E-state index contributed by atoms with van der Waals surface area (Å²) in [5, 5.41) is 4.32. The van der Waals surface area contributed by atoms with Crippen molar-refractivity contribution in [1.82, 2.24) is 9.78 Å². The van der Waals surface area contributed by atoms with Crippen LogP contribution in [0, 0.1) is 20.8 Å². The van der Waals surface area contributed by atoms with Gasteiger partial charge in [0.05, 0.1) is 10.6 Å². The van der Waals surface area contributed by atoms with Crippen LogP contribution in [-0.2, 0) is 7.05 Å². The van der Waals surface area contributed by atoms with E-state index in [9.17, 15) is 4.79 Å². The summed E-state index contributed by atoms with van der Waals surface area (Å²) in [4.78, 5) is 13.9. The fourth-order valence-electron chi connectivity index (χ4n) is 1.84. The highest BCUT2D eigenvalue weighted by atomic mass is 32.1. The maximum Gasteiger partial charge on any atom is 0.195 e. The van der Waals surface area contributed by atoms with E-state index in [-0.39, 0.29) is 5.78 Å². The summed E-state index contributed by atoms with van der Waals surface area (Å²) in [6.45, 7) is 5.95. The summed E-state index contributed by atoms with van der Waals surface area (Å²) in [5.74, 6) is 0.0516. The zero-order valence-corrected chi connectivity index (χ0v) is 11.8. The molecule has 3 nitrogen and oxygen atoms in total. The van der Waals surface area contributed by atoms with E-state index in [1.165, 1.54) is 11.3 Å². The van der Waals surface area contributed by atoms with Crippen molar-refractivity contribution in [1.29, 1.82) is 0 Å². The van der Waals surface area contributed by atoms with Crippen LogP contribution >= 0.6 is 11.3 Å². The average Bonchev–Trinajstić information content (AvgIpc) is 2.83. The van der Waals surface area contributed by atoms with Crippen molar-refractivity contribution in [2.75, 3.05) is 0 Å². The summed E-state index contributed by atoms with van der Waals surface area (Å²) in [5.41, 5.74) is 3.04. The molecule has 0 saturated carbocycles. The highest BCUT2D eigenvalue weighted by Crippen LogP contribution is 2.18. The van der Waals surface area contributed by atoms with Crippen LogP contribution < -0.4 is 0 Å². The van der Waals surface area contributed by atoms with Crippen LogP contribution in [0.3, 0.4) is 0 Å². The zero-order chi connectivity index (χ0) is 13.3. The van der Waals surface area contributed by atoms with E-state index < -0.39 is 0 Å². The Kier molecular flexibility index (Phi) is 3.48. The molecule has 4 heteroatoms. The minimum Gasteiger partial charge on any atom is -0.288 e. The van der Waals surface area contributed by atoms with Crippen LogP contribution in [0.1, 0.15) is 31.5 Å². The van der Waals surface area contributed by atoms with E-state index in [0.717, 1.165) is 26.7 Å². The maximum absolute atomic E-state index is 12.0. The van der Waals surface area contributed by atoms with Crippen molar-refractivity contribution in [3.05, 3.63) is 44.9 Å². The predicted octanol–water partition coefficient (Wildman–Crippen LogP) is 3.30. The van der Waals surface area contributed by atoms with Gasteiger partial charge in [-0.2, -0.15) is 5.10 Å². The van der Waals surface area contributed by atoms with Gasteiger partial charge in [-0.25, -0.2) is 0 Å². The lowest BCUT2D eigenvalue weighted by molar-refractivity contribution is 0.105. The van der Waals surface area contributed by atoms with Crippen LogP contribution in [0.25, 0.3) is 6.08 Å². The highest BCUT2D eigenvalue weighted by molar-refractivity contribution is 7.14.